The molecule has 0 saturated heterocycles. The summed E-state index contributed by atoms with van der Waals surface area (Å²) in [5, 5.41) is 15.0. The number of ether oxygens (including phenoxy) is 2. The molecule has 2 heterocycles. The van der Waals surface area contributed by atoms with Gasteiger partial charge in [0.2, 0.25) is 5.95 Å². The maximum atomic E-state index is 13.2. The van der Waals surface area contributed by atoms with Crippen molar-refractivity contribution in [3.63, 3.8) is 0 Å². The lowest BCUT2D eigenvalue weighted by Gasteiger charge is -2.29. The Morgan fingerprint density at radius 1 is 1.19 bits per heavy atom. The van der Waals surface area contributed by atoms with Crippen LogP contribution in [-0.4, -0.2) is 47.4 Å². The van der Waals surface area contributed by atoms with E-state index in [0.29, 0.717) is 23.0 Å². The van der Waals surface area contributed by atoms with Crippen LogP contribution in [0.25, 0.3) is 0 Å². The average molecular weight is 420 g/mol. The summed E-state index contributed by atoms with van der Waals surface area (Å²) in [7, 11) is 5.51. The number of rotatable bonds is 6. The van der Waals surface area contributed by atoms with Crippen LogP contribution in [0.3, 0.4) is 0 Å². The Bertz CT molecular complexity index is 1120. The third-order valence-electron chi connectivity index (χ3n) is 5.17. The van der Waals surface area contributed by atoms with Crippen molar-refractivity contribution in [2.24, 2.45) is 0 Å². The zero-order valence-electron chi connectivity index (χ0n) is 17.9. The molecule has 9 nitrogen and oxygen atoms in total. The summed E-state index contributed by atoms with van der Waals surface area (Å²) in [6, 6.07) is 14.8. The Morgan fingerprint density at radius 2 is 1.97 bits per heavy atom. The monoisotopic (exact) mass is 420 g/mol. The van der Waals surface area contributed by atoms with Gasteiger partial charge in [0.1, 0.15) is 18.4 Å². The maximum Gasteiger partial charge on any atom is 0.338 e. The molecule has 0 spiro atoms. The molecule has 0 amide bonds. The first-order valence-electron chi connectivity index (χ1n) is 9.81. The van der Waals surface area contributed by atoms with Gasteiger partial charge in [-0.3, -0.25) is 0 Å². The van der Waals surface area contributed by atoms with Gasteiger partial charge >= 0.3 is 5.97 Å². The number of hydrogen-bond acceptors (Lipinski definition) is 8. The number of nitrogens with one attached hydrogen (secondary N) is 1. The van der Waals surface area contributed by atoms with Crippen molar-refractivity contribution in [3.05, 3.63) is 70.9 Å². The minimum absolute atomic E-state index is 0.169. The normalized spacial score (nSPS) is 15.2. The summed E-state index contributed by atoms with van der Waals surface area (Å²) in [5.41, 5.74) is 3.69. The van der Waals surface area contributed by atoms with Gasteiger partial charge in [-0.1, -0.05) is 41.5 Å². The largest absolute Gasteiger partial charge is 0.496 e. The Kier molecular flexibility index (Phi) is 5.57. The number of hydrogen-bond donors (Lipinski definition) is 1. The highest BCUT2D eigenvalue weighted by molar-refractivity contribution is 5.92. The van der Waals surface area contributed by atoms with E-state index in [2.05, 4.69) is 20.8 Å². The summed E-state index contributed by atoms with van der Waals surface area (Å²) >= 11 is 0. The van der Waals surface area contributed by atoms with E-state index in [4.69, 9.17) is 9.47 Å². The molecule has 9 heteroatoms. The number of aromatic nitrogens is 4. The van der Waals surface area contributed by atoms with E-state index in [0.717, 1.165) is 16.8 Å². The van der Waals surface area contributed by atoms with Crippen LogP contribution in [0.5, 0.6) is 5.75 Å². The Morgan fingerprint density at radius 3 is 2.68 bits per heavy atom. The lowest BCUT2D eigenvalue weighted by atomic mass is 9.94. The van der Waals surface area contributed by atoms with Crippen molar-refractivity contribution in [2.45, 2.75) is 19.6 Å². The first-order valence-corrected chi connectivity index (χ1v) is 9.81. The molecule has 0 bridgehead atoms. The molecule has 0 fully saturated rings. The van der Waals surface area contributed by atoms with Gasteiger partial charge in [-0.05, 0) is 29.0 Å². The van der Waals surface area contributed by atoms with Gasteiger partial charge < -0.3 is 19.7 Å². The van der Waals surface area contributed by atoms with Gasteiger partial charge in [-0.2, -0.15) is 4.68 Å². The minimum Gasteiger partial charge on any atom is -0.496 e. The van der Waals surface area contributed by atoms with Crippen molar-refractivity contribution in [1.82, 2.24) is 20.2 Å². The van der Waals surface area contributed by atoms with Crippen LogP contribution < -0.4 is 15.0 Å². The predicted molar refractivity (Wildman–Crippen MR) is 116 cm³/mol. The molecule has 1 atom stereocenters. The second-order valence-corrected chi connectivity index (χ2v) is 7.40. The lowest BCUT2D eigenvalue weighted by molar-refractivity contribution is -0.140. The van der Waals surface area contributed by atoms with E-state index in [9.17, 15) is 4.79 Å². The average Bonchev–Trinajstić information content (AvgIpc) is 3.24. The lowest BCUT2D eigenvalue weighted by Crippen LogP contribution is -2.30. The van der Waals surface area contributed by atoms with E-state index in [1.807, 2.05) is 74.4 Å². The zero-order chi connectivity index (χ0) is 22.0. The Hall–Kier alpha value is -3.88. The van der Waals surface area contributed by atoms with Gasteiger partial charge in [-0.25, -0.2) is 4.79 Å². The summed E-state index contributed by atoms with van der Waals surface area (Å²) in [6.07, 6.45) is 0. The highest BCUT2D eigenvalue weighted by Crippen LogP contribution is 2.40. The van der Waals surface area contributed by atoms with Gasteiger partial charge in [0, 0.05) is 37.1 Å². The molecule has 1 N–H and O–H groups in total. The number of tetrazole rings is 1. The van der Waals surface area contributed by atoms with E-state index in [-0.39, 0.29) is 6.61 Å². The molecule has 1 aliphatic heterocycles. The fourth-order valence-corrected chi connectivity index (χ4v) is 3.57. The highest BCUT2D eigenvalue weighted by Gasteiger charge is 2.36. The number of esters is 1. The third-order valence-corrected chi connectivity index (χ3v) is 5.17. The van der Waals surface area contributed by atoms with Crippen LogP contribution in [0.15, 0.2) is 59.8 Å². The quantitative estimate of drug-likeness (QED) is 0.609. The fourth-order valence-electron chi connectivity index (χ4n) is 3.57. The number of carbonyl (C=O) groups excluding carboxylic acids is 1. The summed E-state index contributed by atoms with van der Waals surface area (Å²) in [4.78, 5) is 15.2. The van der Waals surface area contributed by atoms with Crippen LogP contribution in [-0.2, 0) is 16.1 Å². The molecule has 31 heavy (non-hydrogen) atoms. The molecule has 0 saturated carbocycles. The van der Waals surface area contributed by atoms with Gasteiger partial charge in [0.05, 0.1) is 12.7 Å². The maximum absolute atomic E-state index is 13.2. The second kappa shape index (κ2) is 8.47. The number of nitrogens with zero attached hydrogens (tertiary/aromatic N) is 5. The predicted octanol–water partition coefficient (Wildman–Crippen LogP) is 2.78. The highest BCUT2D eigenvalue weighted by atomic mass is 16.5. The number of anilines is 2. The molecular weight excluding hydrogens is 396 g/mol. The number of allylic oxidation sites excluding steroid dienone is 1. The van der Waals surface area contributed by atoms with E-state index in [1.54, 1.807) is 11.8 Å². The topological polar surface area (TPSA) is 94.4 Å². The van der Waals surface area contributed by atoms with E-state index < -0.39 is 12.0 Å². The van der Waals surface area contributed by atoms with Crippen molar-refractivity contribution in [2.75, 3.05) is 31.4 Å². The van der Waals surface area contributed by atoms with Crippen LogP contribution in [0, 0.1) is 0 Å². The van der Waals surface area contributed by atoms with Crippen molar-refractivity contribution < 1.29 is 14.3 Å². The molecule has 0 aliphatic carbocycles. The summed E-state index contributed by atoms with van der Waals surface area (Å²) in [6.45, 7) is 1.98. The molecule has 160 valence electrons. The molecule has 3 aromatic rings. The Balaban J connectivity index is 1.74. The van der Waals surface area contributed by atoms with Crippen LogP contribution >= 0.6 is 0 Å². The smallest absolute Gasteiger partial charge is 0.338 e. The van der Waals surface area contributed by atoms with Gasteiger partial charge in [-0.15, -0.1) is 0 Å². The molecule has 0 radical (unpaired) electrons. The van der Waals surface area contributed by atoms with Crippen molar-refractivity contribution >= 4 is 17.6 Å². The number of methoxy groups -OCH3 is 1. The molecular formula is C22H24N6O3. The molecule has 1 aliphatic rings. The Labute approximate surface area is 180 Å². The minimum atomic E-state index is -0.597. The SMILES string of the molecule is COc1cc(N(C)C)ccc1C1C(C(=O)OCc2ccccc2)=C(C)Nc2nnnn21. The first-order chi connectivity index (χ1) is 15.0. The molecule has 1 unspecified atom stereocenters. The third kappa shape index (κ3) is 3.94. The van der Waals surface area contributed by atoms with Crippen LogP contribution in [0.1, 0.15) is 24.1 Å². The van der Waals surface area contributed by atoms with Crippen LogP contribution in [0.4, 0.5) is 11.6 Å². The molecule has 4 rings (SSSR count). The number of benzene rings is 2. The van der Waals surface area contributed by atoms with Gasteiger partial charge in [0.25, 0.3) is 0 Å². The van der Waals surface area contributed by atoms with E-state index in [1.165, 1.54) is 0 Å². The fraction of sp³-hybridized carbons (Fsp3) is 0.273. The molecule has 2 aromatic carbocycles. The zero-order valence-corrected chi connectivity index (χ0v) is 17.9. The number of fused-ring (bicyclic) bond motifs is 1. The van der Waals surface area contributed by atoms with Crippen molar-refractivity contribution in [1.29, 1.82) is 0 Å². The van der Waals surface area contributed by atoms with Crippen molar-refractivity contribution in [3.8, 4) is 5.75 Å². The molecule has 1 aromatic heterocycles. The van der Waals surface area contributed by atoms with Gasteiger partial charge in [0.15, 0.2) is 0 Å². The summed E-state index contributed by atoms with van der Waals surface area (Å²) < 4.78 is 12.9. The number of carbonyl (C=O) groups is 1. The second-order valence-electron chi connectivity index (χ2n) is 7.40. The van der Waals surface area contributed by atoms with E-state index >= 15 is 0 Å². The summed E-state index contributed by atoms with van der Waals surface area (Å²) in [5.74, 6) is 0.625. The standard InChI is InChI=1S/C22H24N6O3/c1-14-19(21(29)31-13-15-8-6-5-7-9-15)20(28-22(23-14)24-25-26-28)17-11-10-16(27(2)3)12-18(17)30-4/h5-12,20H,13H2,1-4H3,(H,23,24,26). The first kappa shape index (κ1) is 20.4. The van der Waals surface area contributed by atoms with Crippen LogP contribution in [0.2, 0.25) is 0 Å².